The van der Waals surface area contributed by atoms with Crippen LogP contribution >= 0.6 is 22.9 Å². The van der Waals surface area contributed by atoms with E-state index in [1.807, 2.05) is 37.3 Å². The molecule has 1 N–H and O–H groups in total. The Balaban J connectivity index is 1.54. The molecule has 0 radical (unpaired) electrons. The van der Waals surface area contributed by atoms with E-state index in [9.17, 15) is 9.18 Å². The van der Waals surface area contributed by atoms with Crippen LogP contribution in [0.2, 0.25) is 0 Å². The first-order valence-corrected chi connectivity index (χ1v) is 10.8. The van der Waals surface area contributed by atoms with Gasteiger partial charge in [0.15, 0.2) is 5.82 Å². The van der Waals surface area contributed by atoms with Crippen molar-refractivity contribution < 1.29 is 4.39 Å². The standard InChI is InChI=1S/C23H15ClFN5OS/c1-13-19(15-5-3-2-4-6-15)20-22(31)28-21(29-23(20)32-13)16(24)9-14-7-8-18(17(25)10-14)30-12-26-11-27-30/h2-12H,1H3,(H,28,29,31)/b16-9-. The van der Waals surface area contributed by atoms with E-state index < -0.39 is 5.82 Å². The average molecular weight is 464 g/mol. The number of halogens is 2. The van der Waals surface area contributed by atoms with Crippen LogP contribution in [0.5, 0.6) is 0 Å². The summed E-state index contributed by atoms with van der Waals surface area (Å²) >= 11 is 7.89. The normalized spacial score (nSPS) is 11.9. The Hall–Kier alpha value is -3.62. The number of thiophene rings is 1. The largest absolute Gasteiger partial charge is 0.305 e. The van der Waals surface area contributed by atoms with Crippen molar-refractivity contribution in [2.24, 2.45) is 0 Å². The molecule has 0 saturated heterocycles. The molecule has 0 aliphatic carbocycles. The van der Waals surface area contributed by atoms with Gasteiger partial charge in [0.05, 0.1) is 10.4 Å². The topological polar surface area (TPSA) is 76.5 Å². The second-order valence-corrected chi connectivity index (χ2v) is 8.65. The Bertz CT molecular complexity index is 1520. The van der Waals surface area contributed by atoms with Crippen molar-refractivity contribution in [1.82, 2.24) is 24.7 Å². The maximum absolute atomic E-state index is 14.5. The molecule has 5 aromatic rings. The minimum absolute atomic E-state index is 0.198. The lowest BCUT2D eigenvalue weighted by atomic mass is 10.0. The van der Waals surface area contributed by atoms with Crippen LogP contribution in [-0.2, 0) is 0 Å². The zero-order valence-electron chi connectivity index (χ0n) is 16.7. The quantitative estimate of drug-likeness (QED) is 0.386. The molecule has 9 heteroatoms. The van der Waals surface area contributed by atoms with Crippen LogP contribution < -0.4 is 5.56 Å². The third-order valence-electron chi connectivity index (χ3n) is 4.96. The number of benzene rings is 2. The van der Waals surface area contributed by atoms with Gasteiger partial charge in [-0.25, -0.2) is 19.0 Å². The number of fused-ring (bicyclic) bond motifs is 1. The van der Waals surface area contributed by atoms with E-state index in [1.54, 1.807) is 18.2 Å². The second-order valence-electron chi connectivity index (χ2n) is 7.04. The number of aromatic nitrogens is 5. The summed E-state index contributed by atoms with van der Waals surface area (Å²) in [6.45, 7) is 1.96. The molecule has 0 bridgehead atoms. The molecule has 3 heterocycles. The van der Waals surface area contributed by atoms with Gasteiger partial charge in [-0.15, -0.1) is 11.3 Å². The Labute approximate surface area is 190 Å². The Kier molecular flexibility index (Phi) is 5.16. The highest BCUT2D eigenvalue weighted by Gasteiger charge is 2.17. The SMILES string of the molecule is Cc1sc2nc(/C(Cl)=C/c3ccc(-n4cncn4)c(F)c3)[nH]c(=O)c2c1-c1ccccc1. The minimum Gasteiger partial charge on any atom is -0.305 e. The van der Waals surface area contributed by atoms with Crippen molar-refractivity contribution in [2.75, 3.05) is 0 Å². The first kappa shape index (κ1) is 20.3. The van der Waals surface area contributed by atoms with Crippen LogP contribution in [0.25, 0.3) is 38.1 Å². The lowest BCUT2D eigenvalue weighted by molar-refractivity contribution is 0.610. The summed E-state index contributed by atoms with van der Waals surface area (Å²) in [7, 11) is 0. The summed E-state index contributed by atoms with van der Waals surface area (Å²) in [5.74, 6) is -0.252. The van der Waals surface area contributed by atoms with E-state index in [2.05, 4.69) is 20.1 Å². The number of nitrogens with zero attached hydrogens (tertiary/aromatic N) is 4. The minimum atomic E-state index is -0.480. The first-order valence-electron chi connectivity index (χ1n) is 9.62. The van der Waals surface area contributed by atoms with Crippen LogP contribution in [0, 0.1) is 12.7 Å². The highest BCUT2D eigenvalue weighted by Crippen LogP contribution is 2.36. The molecule has 32 heavy (non-hydrogen) atoms. The van der Waals surface area contributed by atoms with Crippen molar-refractivity contribution in [3.05, 3.63) is 93.6 Å². The number of nitrogens with one attached hydrogen (secondary N) is 1. The van der Waals surface area contributed by atoms with E-state index in [0.717, 1.165) is 16.0 Å². The number of aryl methyl sites for hydroxylation is 1. The Morgan fingerprint density at radius 2 is 2.03 bits per heavy atom. The van der Waals surface area contributed by atoms with Crippen LogP contribution in [0.1, 0.15) is 16.3 Å². The van der Waals surface area contributed by atoms with Gasteiger partial charge >= 0.3 is 0 Å². The van der Waals surface area contributed by atoms with Crippen LogP contribution in [0.3, 0.4) is 0 Å². The van der Waals surface area contributed by atoms with Crippen molar-refractivity contribution in [1.29, 1.82) is 0 Å². The third-order valence-corrected chi connectivity index (χ3v) is 6.24. The lowest BCUT2D eigenvalue weighted by Crippen LogP contribution is -2.10. The lowest BCUT2D eigenvalue weighted by Gasteiger charge is -2.05. The van der Waals surface area contributed by atoms with Gasteiger partial charge in [0.2, 0.25) is 0 Å². The summed E-state index contributed by atoms with van der Waals surface area (Å²) < 4.78 is 15.8. The fraction of sp³-hybridized carbons (Fsp3) is 0.0435. The summed E-state index contributed by atoms with van der Waals surface area (Å²) in [5.41, 5.74) is 2.35. The molecule has 0 aliphatic heterocycles. The van der Waals surface area contributed by atoms with Crippen molar-refractivity contribution >= 4 is 44.3 Å². The number of hydrogen-bond donors (Lipinski definition) is 1. The smallest absolute Gasteiger partial charge is 0.260 e. The maximum Gasteiger partial charge on any atom is 0.260 e. The Morgan fingerprint density at radius 1 is 1.22 bits per heavy atom. The molecule has 0 aliphatic rings. The molecule has 158 valence electrons. The summed E-state index contributed by atoms with van der Waals surface area (Å²) in [5, 5.41) is 4.67. The number of H-pyrrole nitrogens is 1. The number of rotatable bonds is 4. The predicted molar refractivity (Wildman–Crippen MR) is 125 cm³/mol. The fourth-order valence-corrected chi connectivity index (χ4v) is 4.79. The van der Waals surface area contributed by atoms with Crippen molar-refractivity contribution in [3.63, 3.8) is 0 Å². The highest BCUT2D eigenvalue weighted by atomic mass is 35.5. The molecule has 0 fully saturated rings. The summed E-state index contributed by atoms with van der Waals surface area (Å²) in [6.07, 6.45) is 4.30. The zero-order valence-corrected chi connectivity index (χ0v) is 18.3. The average Bonchev–Trinajstić information content (AvgIpc) is 3.42. The van der Waals surface area contributed by atoms with Crippen LogP contribution in [-0.4, -0.2) is 24.7 Å². The molecular formula is C23H15ClFN5OS. The van der Waals surface area contributed by atoms with E-state index in [0.29, 0.717) is 15.8 Å². The van der Waals surface area contributed by atoms with Gasteiger partial charge in [0.25, 0.3) is 5.56 Å². The maximum atomic E-state index is 14.5. The van der Waals surface area contributed by atoms with E-state index in [1.165, 1.54) is 34.7 Å². The van der Waals surface area contributed by atoms with E-state index >= 15 is 0 Å². The molecule has 5 rings (SSSR count). The summed E-state index contributed by atoms with van der Waals surface area (Å²) in [6, 6.07) is 14.3. The predicted octanol–water partition coefficient (Wildman–Crippen LogP) is 5.42. The van der Waals surface area contributed by atoms with E-state index in [4.69, 9.17) is 11.6 Å². The number of hydrogen-bond acceptors (Lipinski definition) is 5. The Morgan fingerprint density at radius 3 is 2.75 bits per heavy atom. The first-order chi connectivity index (χ1) is 15.5. The molecule has 6 nitrogen and oxygen atoms in total. The molecule has 0 unspecified atom stereocenters. The van der Waals surface area contributed by atoms with Gasteiger partial charge < -0.3 is 4.98 Å². The monoisotopic (exact) mass is 463 g/mol. The highest BCUT2D eigenvalue weighted by molar-refractivity contribution is 7.19. The molecule has 0 amide bonds. The van der Waals surface area contributed by atoms with Crippen LogP contribution in [0.4, 0.5) is 4.39 Å². The molecule has 0 spiro atoms. The van der Waals surface area contributed by atoms with Gasteiger partial charge in [0.1, 0.15) is 29.0 Å². The zero-order chi connectivity index (χ0) is 22.2. The van der Waals surface area contributed by atoms with Gasteiger partial charge in [-0.05, 0) is 36.3 Å². The van der Waals surface area contributed by atoms with Crippen LogP contribution in [0.15, 0.2) is 66.0 Å². The molecule has 0 atom stereocenters. The molecular weight excluding hydrogens is 449 g/mol. The third kappa shape index (κ3) is 3.63. The van der Waals surface area contributed by atoms with Crippen molar-refractivity contribution in [3.8, 4) is 16.8 Å². The van der Waals surface area contributed by atoms with E-state index in [-0.39, 0.29) is 22.1 Å². The molecule has 3 aromatic heterocycles. The van der Waals surface area contributed by atoms with Gasteiger partial charge in [-0.1, -0.05) is 48.0 Å². The molecule has 0 saturated carbocycles. The second kappa shape index (κ2) is 8.14. The molecule has 2 aromatic carbocycles. The number of aromatic amines is 1. The summed E-state index contributed by atoms with van der Waals surface area (Å²) in [4.78, 5) is 25.7. The van der Waals surface area contributed by atoms with Crippen molar-refractivity contribution in [2.45, 2.75) is 6.92 Å². The van der Waals surface area contributed by atoms with Gasteiger partial charge in [-0.2, -0.15) is 5.10 Å². The fourth-order valence-electron chi connectivity index (χ4n) is 3.53. The van der Waals surface area contributed by atoms with Gasteiger partial charge in [0, 0.05) is 10.4 Å². The van der Waals surface area contributed by atoms with Gasteiger partial charge in [-0.3, -0.25) is 4.79 Å².